The van der Waals surface area contributed by atoms with Crippen LogP contribution in [-0.2, 0) is 7.05 Å². The Morgan fingerprint density at radius 3 is 2.76 bits per heavy atom. The first kappa shape index (κ1) is 20.6. The quantitative estimate of drug-likeness (QED) is 0.379. The summed E-state index contributed by atoms with van der Waals surface area (Å²) in [4.78, 5) is 21.7. The van der Waals surface area contributed by atoms with Crippen LogP contribution in [0.15, 0.2) is 55.2 Å². The fourth-order valence-corrected chi connectivity index (χ4v) is 3.48. The van der Waals surface area contributed by atoms with Gasteiger partial charge in [0.2, 0.25) is 0 Å². The number of benzene rings is 2. The molecule has 0 amide bonds. The predicted molar refractivity (Wildman–Crippen MR) is 126 cm³/mol. The maximum absolute atomic E-state index is 6.12. The van der Waals surface area contributed by atoms with Crippen molar-refractivity contribution in [2.24, 2.45) is 7.05 Å². The highest BCUT2D eigenvalue weighted by Gasteiger charge is 2.11. The van der Waals surface area contributed by atoms with Crippen LogP contribution in [0, 0.1) is 6.92 Å². The van der Waals surface area contributed by atoms with Gasteiger partial charge in [0.1, 0.15) is 28.9 Å². The number of anilines is 2. The molecule has 0 saturated carbocycles. The highest BCUT2D eigenvalue weighted by atomic mass is 16.5. The number of hydrogen-bond donors (Lipinski definition) is 1. The molecule has 0 aliphatic rings. The molecule has 5 aromatic rings. The van der Waals surface area contributed by atoms with Gasteiger partial charge >= 0.3 is 6.01 Å². The SMILES string of the molecule is CCCOc1ncc2ncnc(Nc3ccc(Oc4ccc5c(c4)ncn5C)c(C)c3)c2n1. The van der Waals surface area contributed by atoms with Crippen LogP contribution in [-0.4, -0.2) is 36.1 Å². The lowest BCUT2D eigenvalue weighted by Crippen LogP contribution is -2.03. The van der Waals surface area contributed by atoms with Crippen LogP contribution in [0.4, 0.5) is 11.5 Å². The van der Waals surface area contributed by atoms with Crippen molar-refractivity contribution < 1.29 is 9.47 Å². The molecule has 0 bridgehead atoms. The van der Waals surface area contributed by atoms with Gasteiger partial charge in [-0.2, -0.15) is 4.98 Å². The molecule has 166 valence electrons. The highest BCUT2D eigenvalue weighted by Crippen LogP contribution is 2.30. The molecule has 0 aliphatic heterocycles. The second-order valence-corrected chi connectivity index (χ2v) is 7.67. The number of ether oxygens (including phenoxy) is 2. The van der Waals surface area contributed by atoms with E-state index in [-0.39, 0.29) is 0 Å². The van der Waals surface area contributed by atoms with Crippen LogP contribution < -0.4 is 14.8 Å². The van der Waals surface area contributed by atoms with Crippen LogP contribution in [0.2, 0.25) is 0 Å². The molecule has 2 aromatic carbocycles. The zero-order chi connectivity index (χ0) is 22.8. The highest BCUT2D eigenvalue weighted by molar-refractivity contribution is 5.86. The van der Waals surface area contributed by atoms with E-state index in [1.54, 1.807) is 12.5 Å². The van der Waals surface area contributed by atoms with Crippen molar-refractivity contribution >= 4 is 33.6 Å². The van der Waals surface area contributed by atoms with Crippen LogP contribution in [0.25, 0.3) is 22.1 Å². The molecule has 0 unspecified atom stereocenters. The number of aromatic nitrogens is 6. The Hall–Kier alpha value is -4.27. The van der Waals surface area contributed by atoms with Gasteiger partial charge in [0.15, 0.2) is 5.82 Å². The second kappa shape index (κ2) is 8.70. The summed E-state index contributed by atoms with van der Waals surface area (Å²) >= 11 is 0. The number of imidazole rings is 1. The molecule has 0 fully saturated rings. The summed E-state index contributed by atoms with van der Waals surface area (Å²) in [6.45, 7) is 4.58. The van der Waals surface area contributed by atoms with Crippen molar-refractivity contribution in [2.75, 3.05) is 11.9 Å². The molecule has 9 heteroatoms. The van der Waals surface area contributed by atoms with Crippen molar-refractivity contribution in [3.63, 3.8) is 0 Å². The molecule has 3 aromatic heterocycles. The average molecular weight is 441 g/mol. The molecule has 3 heterocycles. The van der Waals surface area contributed by atoms with Gasteiger partial charge < -0.3 is 19.4 Å². The summed E-state index contributed by atoms with van der Waals surface area (Å²) in [7, 11) is 1.97. The first-order valence-corrected chi connectivity index (χ1v) is 10.7. The zero-order valence-electron chi connectivity index (χ0n) is 18.6. The lowest BCUT2D eigenvalue weighted by atomic mass is 10.2. The first-order chi connectivity index (χ1) is 16.1. The summed E-state index contributed by atoms with van der Waals surface area (Å²) in [6, 6.07) is 12.1. The molecule has 1 N–H and O–H groups in total. The maximum atomic E-state index is 6.12. The summed E-state index contributed by atoms with van der Waals surface area (Å²) in [5.41, 5.74) is 5.02. The number of nitrogens with zero attached hydrogens (tertiary/aromatic N) is 6. The standard InChI is InChI=1S/C24H23N7O2/c1-4-9-32-24-25-12-19-22(30-24)23(27-13-26-19)29-16-5-8-21(15(2)10-16)33-17-6-7-20-18(11-17)28-14-31(20)3/h5-8,10-14H,4,9H2,1-3H3,(H,26,27,29). The van der Waals surface area contributed by atoms with E-state index in [0.29, 0.717) is 29.5 Å². The van der Waals surface area contributed by atoms with E-state index in [2.05, 4.69) is 30.2 Å². The van der Waals surface area contributed by atoms with Crippen molar-refractivity contribution in [3.05, 3.63) is 60.8 Å². The maximum Gasteiger partial charge on any atom is 0.317 e. The number of fused-ring (bicyclic) bond motifs is 2. The Morgan fingerprint density at radius 1 is 1.00 bits per heavy atom. The van der Waals surface area contributed by atoms with E-state index in [0.717, 1.165) is 40.2 Å². The summed E-state index contributed by atoms with van der Waals surface area (Å²) in [6.07, 6.45) is 5.79. The third-order valence-electron chi connectivity index (χ3n) is 5.15. The summed E-state index contributed by atoms with van der Waals surface area (Å²) < 4.78 is 13.7. The monoisotopic (exact) mass is 441 g/mol. The molecule has 33 heavy (non-hydrogen) atoms. The first-order valence-electron chi connectivity index (χ1n) is 10.7. The van der Waals surface area contributed by atoms with Gasteiger partial charge in [-0.15, -0.1) is 0 Å². The number of rotatable bonds is 7. The molecule has 9 nitrogen and oxygen atoms in total. The van der Waals surface area contributed by atoms with E-state index >= 15 is 0 Å². The Balaban J connectivity index is 1.38. The van der Waals surface area contributed by atoms with Gasteiger partial charge in [0.25, 0.3) is 0 Å². The molecular formula is C24H23N7O2. The topological polar surface area (TPSA) is 99.9 Å². The number of hydrogen-bond acceptors (Lipinski definition) is 8. The predicted octanol–water partition coefficient (Wildman–Crippen LogP) is 4.94. The molecule has 0 saturated heterocycles. The van der Waals surface area contributed by atoms with Crippen LogP contribution in [0.3, 0.4) is 0 Å². The zero-order valence-corrected chi connectivity index (χ0v) is 18.6. The Labute approximate surface area is 190 Å². The Kier molecular flexibility index (Phi) is 5.43. The molecule has 5 rings (SSSR count). The Bertz CT molecular complexity index is 1450. The smallest absolute Gasteiger partial charge is 0.317 e. The molecular weight excluding hydrogens is 418 g/mol. The summed E-state index contributed by atoms with van der Waals surface area (Å²) in [5, 5.41) is 3.32. The summed E-state index contributed by atoms with van der Waals surface area (Å²) in [5.74, 6) is 2.08. The van der Waals surface area contributed by atoms with Gasteiger partial charge in [-0.25, -0.2) is 19.9 Å². The van der Waals surface area contributed by atoms with Crippen LogP contribution in [0.1, 0.15) is 18.9 Å². The number of nitrogens with one attached hydrogen (secondary N) is 1. The van der Waals surface area contributed by atoms with E-state index in [1.807, 2.05) is 61.9 Å². The molecule has 0 atom stereocenters. The minimum absolute atomic E-state index is 0.312. The second-order valence-electron chi connectivity index (χ2n) is 7.67. The average Bonchev–Trinajstić information content (AvgIpc) is 3.19. The van der Waals surface area contributed by atoms with Gasteiger partial charge in [-0.05, 0) is 49.2 Å². The van der Waals surface area contributed by atoms with E-state index in [9.17, 15) is 0 Å². The van der Waals surface area contributed by atoms with E-state index < -0.39 is 0 Å². The lowest BCUT2D eigenvalue weighted by molar-refractivity contribution is 0.293. The minimum atomic E-state index is 0.312. The van der Waals surface area contributed by atoms with Crippen molar-refractivity contribution in [1.29, 1.82) is 0 Å². The molecule has 0 aliphatic carbocycles. The molecule has 0 spiro atoms. The van der Waals surface area contributed by atoms with Gasteiger partial charge in [-0.3, -0.25) is 0 Å². The van der Waals surface area contributed by atoms with E-state index in [4.69, 9.17) is 9.47 Å². The number of aryl methyl sites for hydroxylation is 2. The largest absolute Gasteiger partial charge is 0.463 e. The van der Waals surface area contributed by atoms with Gasteiger partial charge in [0, 0.05) is 18.8 Å². The minimum Gasteiger partial charge on any atom is -0.463 e. The van der Waals surface area contributed by atoms with Crippen molar-refractivity contribution in [3.8, 4) is 17.5 Å². The van der Waals surface area contributed by atoms with Crippen molar-refractivity contribution in [1.82, 2.24) is 29.5 Å². The Morgan fingerprint density at radius 2 is 1.91 bits per heavy atom. The van der Waals surface area contributed by atoms with Gasteiger partial charge in [0.05, 0.1) is 30.2 Å². The van der Waals surface area contributed by atoms with Crippen molar-refractivity contribution in [2.45, 2.75) is 20.3 Å². The fraction of sp³-hybridized carbons (Fsp3) is 0.208. The third-order valence-corrected chi connectivity index (χ3v) is 5.15. The fourth-order valence-electron chi connectivity index (χ4n) is 3.48. The van der Waals surface area contributed by atoms with E-state index in [1.165, 1.54) is 6.33 Å². The molecule has 0 radical (unpaired) electrons. The van der Waals surface area contributed by atoms with Gasteiger partial charge in [-0.1, -0.05) is 6.92 Å². The third kappa shape index (κ3) is 4.25. The van der Waals surface area contributed by atoms with Crippen LogP contribution >= 0.6 is 0 Å². The van der Waals surface area contributed by atoms with Crippen LogP contribution in [0.5, 0.6) is 17.5 Å². The lowest BCUT2D eigenvalue weighted by Gasteiger charge is -2.12. The normalized spacial score (nSPS) is 11.1.